The van der Waals surface area contributed by atoms with Crippen molar-refractivity contribution in [3.8, 4) is 5.75 Å². The number of rotatable bonds is 5. The molecular formula is C16H22N2O5S. The van der Waals surface area contributed by atoms with Crippen LogP contribution in [0.15, 0.2) is 24.3 Å². The van der Waals surface area contributed by atoms with E-state index in [1.165, 1.54) is 8.61 Å². The second-order valence-electron chi connectivity index (χ2n) is 6.39. The summed E-state index contributed by atoms with van der Waals surface area (Å²) < 4.78 is 33.7. The largest absolute Gasteiger partial charge is 0.488 e. The van der Waals surface area contributed by atoms with Gasteiger partial charge in [0.2, 0.25) is 0 Å². The minimum absolute atomic E-state index is 0.141. The maximum absolute atomic E-state index is 12.5. The lowest BCUT2D eigenvalue weighted by molar-refractivity contribution is -0.142. The summed E-state index contributed by atoms with van der Waals surface area (Å²) in [6, 6.07) is 7.67. The number of benzene rings is 1. The molecule has 0 bridgehead atoms. The molecule has 2 heterocycles. The summed E-state index contributed by atoms with van der Waals surface area (Å²) in [5.41, 5.74) is 1.10. The van der Waals surface area contributed by atoms with Crippen LogP contribution in [0.4, 0.5) is 0 Å². The third kappa shape index (κ3) is 3.55. The lowest BCUT2D eigenvalue weighted by Crippen LogP contribution is -2.60. The summed E-state index contributed by atoms with van der Waals surface area (Å²) >= 11 is 0. The SMILES string of the molecule is Cc1cccc(OC2CN(S(=O)(=O)N3CCC(C(=O)O)CC3)C2)c1. The van der Waals surface area contributed by atoms with Gasteiger partial charge in [-0.05, 0) is 37.5 Å². The maximum atomic E-state index is 12.5. The van der Waals surface area contributed by atoms with Crippen LogP contribution in [0.1, 0.15) is 18.4 Å². The first kappa shape index (κ1) is 17.2. The van der Waals surface area contributed by atoms with E-state index in [2.05, 4.69) is 0 Å². The van der Waals surface area contributed by atoms with Gasteiger partial charge in [-0.1, -0.05) is 12.1 Å². The van der Waals surface area contributed by atoms with Crippen LogP contribution >= 0.6 is 0 Å². The molecule has 1 aromatic rings. The van der Waals surface area contributed by atoms with Crippen molar-refractivity contribution >= 4 is 16.2 Å². The average molecular weight is 354 g/mol. The number of carboxylic acids is 1. The van der Waals surface area contributed by atoms with Crippen molar-refractivity contribution in [1.29, 1.82) is 0 Å². The number of ether oxygens (including phenoxy) is 1. The predicted octanol–water partition coefficient (Wildman–Crippen LogP) is 1.10. The monoisotopic (exact) mass is 354 g/mol. The molecule has 8 heteroatoms. The first-order chi connectivity index (χ1) is 11.4. The van der Waals surface area contributed by atoms with E-state index in [4.69, 9.17) is 9.84 Å². The van der Waals surface area contributed by atoms with E-state index in [1.807, 2.05) is 31.2 Å². The minimum atomic E-state index is -3.51. The van der Waals surface area contributed by atoms with E-state index in [-0.39, 0.29) is 19.2 Å². The van der Waals surface area contributed by atoms with E-state index >= 15 is 0 Å². The Morgan fingerprint density at radius 2 is 1.88 bits per heavy atom. The van der Waals surface area contributed by atoms with Crippen LogP contribution in [0.3, 0.4) is 0 Å². The smallest absolute Gasteiger partial charge is 0.306 e. The van der Waals surface area contributed by atoms with Gasteiger partial charge in [-0.3, -0.25) is 4.79 Å². The highest BCUT2D eigenvalue weighted by Gasteiger charge is 2.42. The van der Waals surface area contributed by atoms with Crippen molar-refractivity contribution < 1.29 is 23.1 Å². The summed E-state index contributed by atoms with van der Waals surface area (Å²) in [5, 5.41) is 8.99. The van der Waals surface area contributed by atoms with Gasteiger partial charge in [0, 0.05) is 13.1 Å². The number of aliphatic carboxylic acids is 1. The van der Waals surface area contributed by atoms with Crippen LogP contribution in [0.25, 0.3) is 0 Å². The van der Waals surface area contributed by atoms with Gasteiger partial charge in [-0.25, -0.2) is 0 Å². The van der Waals surface area contributed by atoms with Gasteiger partial charge in [0.1, 0.15) is 11.9 Å². The first-order valence-corrected chi connectivity index (χ1v) is 9.47. The Morgan fingerprint density at radius 1 is 1.21 bits per heavy atom. The molecule has 0 saturated carbocycles. The van der Waals surface area contributed by atoms with Crippen LogP contribution in [0.5, 0.6) is 5.75 Å². The number of nitrogens with zero attached hydrogens (tertiary/aromatic N) is 2. The molecule has 2 aliphatic rings. The van der Waals surface area contributed by atoms with Crippen molar-refractivity contribution in [1.82, 2.24) is 8.61 Å². The number of carbonyl (C=O) groups is 1. The van der Waals surface area contributed by atoms with Crippen LogP contribution in [-0.2, 0) is 15.0 Å². The number of carboxylic acid groups (broad SMARTS) is 1. The molecule has 1 N–H and O–H groups in total. The third-order valence-corrected chi connectivity index (χ3v) is 6.53. The number of hydrogen-bond acceptors (Lipinski definition) is 4. The molecule has 3 rings (SSSR count). The Labute approximate surface area is 142 Å². The Kier molecular flexibility index (Phi) is 4.80. The molecule has 0 aromatic heterocycles. The molecule has 2 saturated heterocycles. The predicted molar refractivity (Wildman–Crippen MR) is 88.0 cm³/mol. The van der Waals surface area contributed by atoms with Crippen LogP contribution in [-0.4, -0.2) is 60.4 Å². The lowest BCUT2D eigenvalue weighted by Gasteiger charge is -2.41. The number of piperidine rings is 1. The molecule has 24 heavy (non-hydrogen) atoms. The van der Waals surface area contributed by atoms with E-state index < -0.39 is 22.1 Å². The highest BCUT2D eigenvalue weighted by atomic mass is 32.2. The average Bonchev–Trinajstić information content (AvgIpc) is 2.50. The normalized spacial score (nSPS) is 21.4. The molecule has 0 amide bonds. The maximum Gasteiger partial charge on any atom is 0.306 e. The van der Waals surface area contributed by atoms with Crippen molar-refractivity contribution in [3.63, 3.8) is 0 Å². The fourth-order valence-electron chi connectivity index (χ4n) is 3.04. The highest BCUT2D eigenvalue weighted by Crippen LogP contribution is 2.26. The first-order valence-electron chi connectivity index (χ1n) is 8.07. The third-order valence-electron chi connectivity index (χ3n) is 4.56. The molecule has 2 aliphatic heterocycles. The van der Waals surface area contributed by atoms with Crippen LogP contribution in [0.2, 0.25) is 0 Å². The second kappa shape index (κ2) is 6.70. The van der Waals surface area contributed by atoms with Gasteiger partial charge in [-0.2, -0.15) is 17.0 Å². The molecule has 7 nitrogen and oxygen atoms in total. The second-order valence-corrected chi connectivity index (χ2v) is 8.32. The molecule has 0 radical (unpaired) electrons. The van der Waals surface area contributed by atoms with Gasteiger partial charge in [0.25, 0.3) is 10.2 Å². The van der Waals surface area contributed by atoms with E-state index in [0.717, 1.165) is 11.3 Å². The van der Waals surface area contributed by atoms with E-state index in [0.29, 0.717) is 25.9 Å². The minimum Gasteiger partial charge on any atom is -0.488 e. The lowest BCUT2D eigenvalue weighted by atomic mass is 9.99. The quantitative estimate of drug-likeness (QED) is 0.856. The van der Waals surface area contributed by atoms with Gasteiger partial charge < -0.3 is 9.84 Å². The van der Waals surface area contributed by atoms with Gasteiger partial charge in [0.15, 0.2) is 0 Å². The van der Waals surface area contributed by atoms with Crippen molar-refractivity contribution in [2.45, 2.75) is 25.9 Å². The molecule has 0 unspecified atom stereocenters. The van der Waals surface area contributed by atoms with Crippen molar-refractivity contribution in [2.75, 3.05) is 26.2 Å². The zero-order valence-corrected chi connectivity index (χ0v) is 14.4. The fraction of sp³-hybridized carbons (Fsp3) is 0.562. The van der Waals surface area contributed by atoms with Gasteiger partial charge >= 0.3 is 5.97 Å². The van der Waals surface area contributed by atoms with Crippen LogP contribution in [0, 0.1) is 12.8 Å². The Morgan fingerprint density at radius 3 is 2.46 bits per heavy atom. The number of aryl methyl sites for hydroxylation is 1. The summed E-state index contributed by atoms with van der Waals surface area (Å²) in [6.45, 7) is 3.16. The van der Waals surface area contributed by atoms with Crippen LogP contribution < -0.4 is 4.74 Å². The molecule has 132 valence electrons. The van der Waals surface area contributed by atoms with E-state index in [9.17, 15) is 13.2 Å². The highest BCUT2D eigenvalue weighted by molar-refractivity contribution is 7.86. The summed E-state index contributed by atoms with van der Waals surface area (Å²) in [4.78, 5) is 11.0. The summed E-state index contributed by atoms with van der Waals surface area (Å²) in [6.07, 6.45) is 0.593. The van der Waals surface area contributed by atoms with Gasteiger partial charge in [0.05, 0.1) is 19.0 Å². The topological polar surface area (TPSA) is 87.2 Å². The van der Waals surface area contributed by atoms with E-state index in [1.54, 1.807) is 0 Å². The Balaban J connectivity index is 1.52. The number of hydrogen-bond donors (Lipinski definition) is 1. The van der Waals surface area contributed by atoms with Gasteiger partial charge in [-0.15, -0.1) is 0 Å². The Hall–Kier alpha value is -1.64. The van der Waals surface area contributed by atoms with Crippen molar-refractivity contribution in [2.24, 2.45) is 5.92 Å². The molecule has 1 aromatic carbocycles. The van der Waals surface area contributed by atoms with Crippen molar-refractivity contribution in [3.05, 3.63) is 29.8 Å². The molecule has 0 spiro atoms. The summed E-state index contributed by atoms with van der Waals surface area (Å²) in [5.74, 6) is -0.535. The zero-order valence-electron chi connectivity index (χ0n) is 13.6. The molecular weight excluding hydrogens is 332 g/mol. The standard InChI is InChI=1S/C16H22N2O5S/c1-12-3-2-4-14(9-12)23-15-10-18(11-15)24(21,22)17-7-5-13(6-8-17)16(19)20/h2-4,9,13,15H,5-8,10-11H2,1H3,(H,19,20). The Bertz CT molecular complexity index is 707. The summed E-state index contributed by atoms with van der Waals surface area (Å²) in [7, 11) is -3.51. The molecule has 0 aliphatic carbocycles. The molecule has 2 fully saturated rings. The fourth-order valence-corrected chi connectivity index (χ4v) is 4.75. The zero-order chi connectivity index (χ0) is 17.3. The molecule has 0 atom stereocenters.